The van der Waals surface area contributed by atoms with Crippen molar-refractivity contribution in [2.24, 2.45) is 5.73 Å². The first-order valence-corrected chi connectivity index (χ1v) is 4.47. The smallest absolute Gasteiger partial charge is 0.163 e. The highest BCUT2D eigenvalue weighted by atomic mass is 15.4. The molecule has 1 fully saturated rings. The van der Waals surface area contributed by atoms with Crippen LogP contribution in [-0.4, -0.2) is 23.8 Å². The van der Waals surface area contributed by atoms with Crippen molar-refractivity contribution >= 4 is 0 Å². The highest BCUT2D eigenvalue weighted by Gasteiger charge is 2.31. The van der Waals surface area contributed by atoms with Gasteiger partial charge in [-0.25, -0.2) is 0 Å². The van der Waals surface area contributed by atoms with E-state index in [4.69, 9.17) is 5.73 Å². The normalized spacial score (nSPS) is 35.4. The van der Waals surface area contributed by atoms with Gasteiger partial charge in [-0.2, -0.15) is 0 Å². The molecule has 1 atom stereocenters. The Bertz CT molecular complexity index is 216. The molecule has 0 aromatic heterocycles. The second kappa shape index (κ2) is 2.92. The maximum absolute atomic E-state index is 6.14. The molecule has 0 spiro atoms. The zero-order valence-electron chi connectivity index (χ0n) is 7.16. The van der Waals surface area contributed by atoms with E-state index in [-0.39, 0.29) is 0 Å². The summed E-state index contributed by atoms with van der Waals surface area (Å²) in [6.45, 7) is 2.20. The first kappa shape index (κ1) is 7.83. The van der Waals surface area contributed by atoms with E-state index in [0.29, 0.717) is 0 Å². The third-order valence-electron chi connectivity index (χ3n) is 2.50. The van der Waals surface area contributed by atoms with Gasteiger partial charge in [0.1, 0.15) is 0 Å². The fourth-order valence-electron chi connectivity index (χ4n) is 1.77. The van der Waals surface area contributed by atoms with Crippen LogP contribution in [0.15, 0.2) is 24.4 Å². The number of hydrogen-bond donors (Lipinski definition) is 2. The number of nitrogens with one attached hydrogen (secondary N) is 1. The minimum Gasteiger partial charge on any atom is -0.358 e. The summed E-state index contributed by atoms with van der Waals surface area (Å²) < 4.78 is 0. The van der Waals surface area contributed by atoms with Gasteiger partial charge in [-0.05, 0) is 31.2 Å². The molecule has 0 amide bonds. The predicted octanol–water partition coefficient (Wildman–Crippen LogP) is 0.368. The quantitative estimate of drug-likeness (QED) is 0.589. The molecule has 0 aromatic rings. The molecule has 0 bridgehead atoms. The van der Waals surface area contributed by atoms with Crippen LogP contribution in [-0.2, 0) is 0 Å². The Hall–Kier alpha value is -0.800. The van der Waals surface area contributed by atoms with Crippen LogP contribution in [0.3, 0.4) is 0 Å². The van der Waals surface area contributed by atoms with Crippen LogP contribution in [0.2, 0.25) is 0 Å². The number of nitrogens with zero attached hydrogens (tertiary/aromatic N) is 1. The second-order valence-electron chi connectivity index (χ2n) is 3.38. The van der Waals surface area contributed by atoms with Crippen molar-refractivity contribution in [1.82, 2.24) is 10.2 Å². The molecule has 0 aliphatic carbocycles. The fourth-order valence-corrected chi connectivity index (χ4v) is 1.77. The summed E-state index contributed by atoms with van der Waals surface area (Å²) in [6.07, 6.45) is 10.4. The zero-order chi connectivity index (χ0) is 8.44. The molecule has 0 saturated carbocycles. The standard InChI is InChI=1S/C9H15N3/c10-9(5-1-2-6-11-9)12-7-3-4-8-12/h1-2,5-6,11H,3-4,7-8,10H2. The van der Waals surface area contributed by atoms with Crippen LogP contribution in [0.5, 0.6) is 0 Å². The molecule has 12 heavy (non-hydrogen) atoms. The minimum atomic E-state index is -0.425. The molecule has 1 unspecified atom stereocenters. The Morgan fingerprint density at radius 2 is 2.00 bits per heavy atom. The van der Waals surface area contributed by atoms with Crippen LogP contribution in [0.4, 0.5) is 0 Å². The molecular formula is C9H15N3. The average Bonchev–Trinajstić information content (AvgIpc) is 2.58. The lowest BCUT2D eigenvalue weighted by Gasteiger charge is -2.37. The van der Waals surface area contributed by atoms with E-state index >= 15 is 0 Å². The lowest BCUT2D eigenvalue weighted by atomic mass is 10.2. The highest BCUT2D eigenvalue weighted by molar-refractivity contribution is 5.17. The third kappa shape index (κ3) is 1.26. The minimum absolute atomic E-state index is 0.425. The van der Waals surface area contributed by atoms with Crippen LogP contribution in [0.25, 0.3) is 0 Å². The molecular weight excluding hydrogens is 150 g/mol. The lowest BCUT2D eigenvalue weighted by molar-refractivity contribution is 0.148. The molecule has 2 aliphatic heterocycles. The number of allylic oxidation sites excluding steroid dienone is 2. The fraction of sp³-hybridized carbons (Fsp3) is 0.556. The largest absolute Gasteiger partial charge is 0.358 e. The summed E-state index contributed by atoms with van der Waals surface area (Å²) in [4.78, 5) is 2.27. The van der Waals surface area contributed by atoms with Crippen LogP contribution in [0.1, 0.15) is 12.8 Å². The van der Waals surface area contributed by atoms with Gasteiger partial charge in [0.05, 0.1) is 0 Å². The van der Waals surface area contributed by atoms with Crippen LogP contribution < -0.4 is 11.1 Å². The van der Waals surface area contributed by atoms with Crippen molar-refractivity contribution in [2.45, 2.75) is 18.6 Å². The Kier molecular flexibility index (Phi) is 1.90. The molecule has 2 aliphatic rings. The molecule has 1 saturated heterocycles. The zero-order valence-corrected chi connectivity index (χ0v) is 7.16. The van der Waals surface area contributed by atoms with Crippen molar-refractivity contribution in [3.05, 3.63) is 24.4 Å². The van der Waals surface area contributed by atoms with E-state index in [1.165, 1.54) is 12.8 Å². The summed E-state index contributed by atoms with van der Waals surface area (Å²) in [5.74, 6) is -0.425. The summed E-state index contributed by atoms with van der Waals surface area (Å²) in [5, 5.41) is 3.17. The summed E-state index contributed by atoms with van der Waals surface area (Å²) in [5.41, 5.74) is 6.14. The second-order valence-corrected chi connectivity index (χ2v) is 3.38. The number of hydrogen-bond acceptors (Lipinski definition) is 3. The molecule has 2 heterocycles. The lowest BCUT2D eigenvalue weighted by Crippen LogP contribution is -2.62. The monoisotopic (exact) mass is 165 g/mol. The number of dihydropyridines is 1. The summed E-state index contributed by atoms with van der Waals surface area (Å²) in [6, 6.07) is 0. The summed E-state index contributed by atoms with van der Waals surface area (Å²) >= 11 is 0. The molecule has 3 nitrogen and oxygen atoms in total. The van der Waals surface area contributed by atoms with Gasteiger partial charge in [-0.3, -0.25) is 10.6 Å². The van der Waals surface area contributed by atoms with E-state index in [2.05, 4.69) is 10.2 Å². The molecule has 3 N–H and O–H groups in total. The maximum Gasteiger partial charge on any atom is 0.163 e. The SMILES string of the molecule is NC1(N2CCCC2)C=CC=CN1. The van der Waals surface area contributed by atoms with Crippen molar-refractivity contribution in [2.75, 3.05) is 13.1 Å². The Morgan fingerprint density at radius 3 is 2.58 bits per heavy atom. The van der Waals surface area contributed by atoms with E-state index in [1.807, 2.05) is 24.4 Å². The molecule has 66 valence electrons. The summed E-state index contributed by atoms with van der Waals surface area (Å²) in [7, 11) is 0. The van der Waals surface area contributed by atoms with Crippen molar-refractivity contribution in [1.29, 1.82) is 0 Å². The van der Waals surface area contributed by atoms with E-state index in [9.17, 15) is 0 Å². The van der Waals surface area contributed by atoms with Gasteiger partial charge in [0.2, 0.25) is 0 Å². The highest BCUT2D eigenvalue weighted by Crippen LogP contribution is 2.17. The van der Waals surface area contributed by atoms with E-state index in [0.717, 1.165) is 13.1 Å². The van der Waals surface area contributed by atoms with E-state index in [1.54, 1.807) is 0 Å². The van der Waals surface area contributed by atoms with Crippen LogP contribution in [0, 0.1) is 0 Å². The van der Waals surface area contributed by atoms with Crippen molar-refractivity contribution in [3.63, 3.8) is 0 Å². The van der Waals surface area contributed by atoms with Crippen LogP contribution >= 0.6 is 0 Å². The average molecular weight is 165 g/mol. The van der Waals surface area contributed by atoms with Gasteiger partial charge in [0.25, 0.3) is 0 Å². The van der Waals surface area contributed by atoms with E-state index < -0.39 is 5.79 Å². The Labute approximate surface area is 72.9 Å². The van der Waals surface area contributed by atoms with Crippen molar-refractivity contribution in [3.8, 4) is 0 Å². The van der Waals surface area contributed by atoms with Gasteiger partial charge >= 0.3 is 0 Å². The van der Waals surface area contributed by atoms with Gasteiger partial charge in [-0.1, -0.05) is 6.08 Å². The topological polar surface area (TPSA) is 41.3 Å². The first-order valence-electron chi connectivity index (χ1n) is 4.47. The first-order chi connectivity index (χ1) is 5.81. The number of rotatable bonds is 1. The third-order valence-corrected chi connectivity index (χ3v) is 2.50. The maximum atomic E-state index is 6.14. The van der Waals surface area contributed by atoms with Gasteiger partial charge < -0.3 is 5.32 Å². The molecule has 2 rings (SSSR count). The van der Waals surface area contributed by atoms with Gasteiger partial charge in [0.15, 0.2) is 5.79 Å². The Morgan fingerprint density at radius 1 is 1.25 bits per heavy atom. The molecule has 0 aromatic carbocycles. The number of likely N-dealkylation sites (tertiary alicyclic amines) is 1. The van der Waals surface area contributed by atoms with Gasteiger partial charge in [-0.15, -0.1) is 0 Å². The molecule has 3 heteroatoms. The molecule has 0 radical (unpaired) electrons. The number of nitrogens with two attached hydrogens (primary N) is 1. The van der Waals surface area contributed by atoms with Crippen molar-refractivity contribution < 1.29 is 0 Å². The predicted molar refractivity (Wildman–Crippen MR) is 49.1 cm³/mol. The Balaban J connectivity index is 2.09. The van der Waals surface area contributed by atoms with Gasteiger partial charge in [0, 0.05) is 13.1 Å².